The van der Waals surface area contributed by atoms with Gasteiger partial charge in [0.25, 0.3) is 11.1 Å². The van der Waals surface area contributed by atoms with Crippen molar-refractivity contribution >= 4 is 29.9 Å². The number of carbonyl (C=O) groups excluding carboxylic acids is 3. The van der Waals surface area contributed by atoms with E-state index in [-0.39, 0.29) is 29.4 Å². The van der Waals surface area contributed by atoms with Gasteiger partial charge >= 0.3 is 0 Å². The Bertz CT molecular complexity index is 818. The van der Waals surface area contributed by atoms with E-state index in [1.165, 1.54) is 11.8 Å². The van der Waals surface area contributed by atoms with Crippen molar-refractivity contribution in [2.45, 2.75) is 82.1 Å². The topological polar surface area (TPSA) is 109 Å². The summed E-state index contributed by atoms with van der Waals surface area (Å²) in [5.74, 6) is 0.464. The zero-order valence-corrected chi connectivity index (χ0v) is 21.0. The maximum absolute atomic E-state index is 13.6. The number of aromatic nitrogens is 2. The van der Waals surface area contributed by atoms with Crippen LogP contribution in [0.15, 0.2) is 9.64 Å². The summed E-state index contributed by atoms with van der Waals surface area (Å²) >= 11 is 1.40. The van der Waals surface area contributed by atoms with Crippen molar-refractivity contribution in [1.82, 2.24) is 25.3 Å². The number of thioether (sulfide) groups is 1. The van der Waals surface area contributed by atoms with Crippen LogP contribution in [0, 0.1) is 11.8 Å². The Kier molecular flexibility index (Phi) is 8.92. The average molecular weight is 480 g/mol. The molecule has 1 N–H and O–H groups in total. The van der Waals surface area contributed by atoms with Gasteiger partial charge in [0, 0.05) is 18.2 Å². The summed E-state index contributed by atoms with van der Waals surface area (Å²) in [5.41, 5.74) is -0.849. The lowest BCUT2D eigenvalue weighted by Crippen LogP contribution is -2.65. The van der Waals surface area contributed by atoms with Crippen LogP contribution in [0.2, 0.25) is 0 Å². The number of nitrogens with one attached hydrogen (secondary N) is 1. The second-order valence-corrected chi connectivity index (χ2v) is 10.9. The highest BCUT2D eigenvalue weighted by molar-refractivity contribution is 7.99. The molecule has 0 spiro atoms. The van der Waals surface area contributed by atoms with E-state index in [4.69, 9.17) is 4.42 Å². The summed E-state index contributed by atoms with van der Waals surface area (Å²) in [5, 5.41) is 11.5. The van der Waals surface area contributed by atoms with Gasteiger partial charge in [0.1, 0.15) is 11.7 Å². The number of rotatable bonds is 13. The molecule has 184 valence electrons. The van der Waals surface area contributed by atoms with Crippen LogP contribution in [0.1, 0.15) is 75.9 Å². The molecule has 1 unspecified atom stereocenters. The smallest absolute Gasteiger partial charge is 0.286 e. The van der Waals surface area contributed by atoms with Gasteiger partial charge < -0.3 is 19.5 Å². The van der Waals surface area contributed by atoms with Crippen LogP contribution in [-0.2, 0) is 9.59 Å². The molecule has 0 aromatic carbocycles. The molecule has 2 fully saturated rings. The highest BCUT2D eigenvalue weighted by Crippen LogP contribution is 2.37. The Morgan fingerprint density at radius 3 is 2.48 bits per heavy atom. The molecular weight excluding hydrogens is 442 g/mol. The first kappa shape index (κ1) is 25.7. The third kappa shape index (κ3) is 6.79. The molecule has 0 saturated heterocycles. The molecule has 2 aliphatic rings. The number of amides is 2. The van der Waals surface area contributed by atoms with E-state index in [1.807, 2.05) is 27.9 Å². The van der Waals surface area contributed by atoms with Gasteiger partial charge in [-0.3, -0.25) is 14.4 Å². The molecule has 1 aromatic heterocycles. The van der Waals surface area contributed by atoms with Crippen LogP contribution in [0.3, 0.4) is 0 Å². The SMILES string of the molecule is CC(C)CC(C(=O)c1nnc(SCCN(C)C)o1)N(C=O)C1(NC(=O)C2CC2)CCCCC1. The number of nitrogens with zero attached hydrogens (tertiary/aromatic N) is 4. The molecule has 0 bridgehead atoms. The zero-order valence-electron chi connectivity index (χ0n) is 20.2. The van der Waals surface area contributed by atoms with Crippen LogP contribution >= 0.6 is 11.8 Å². The molecule has 0 radical (unpaired) electrons. The van der Waals surface area contributed by atoms with Gasteiger partial charge in [-0.25, -0.2) is 0 Å². The normalized spacial score (nSPS) is 18.8. The quantitative estimate of drug-likeness (QED) is 0.199. The average Bonchev–Trinajstić information content (AvgIpc) is 3.52. The molecule has 2 saturated carbocycles. The predicted octanol–water partition coefficient (Wildman–Crippen LogP) is 2.97. The van der Waals surface area contributed by atoms with Crippen LogP contribution in [0.5, 0.6) is 0 Å². The molecule has 1 aromatic rings. The van der Waals surface area contributed by atoms with Crippen molar-refractivity contribution in [1.29, 1.82) is 0 Å². The molecule has 9 nitrogen and oxygen atoms in total. The second-order valence-electron chi connectivity index (χ2n) is 9.90. The summed E-state index contributed by atoms with van der Waals surface area (Å²) in [6.45, 7) is 4.86. The third-order valence-electron chi connectivity index (χ3n) is 6.31. The molecular formula is C23H37N5O4S. The van der Waals surface area contributed by atoms with Crippen molar-refractivity contribution in [3.63, 3.8) is 0 Å². The van der Waals surface area contributed by atoms with Gasteiger partial charge in [0.05, 0.1) is 0 Å². The molecule has 1 heterocycles. The largest absolute Gasteiger partial charge is 0.408 e. The number of hydrogen-bond donors (Lipinski definition) is 1. The molecule has 33 heavy (non-hydrogen) atoms. The Morgan fingerprint density at radius 1 is 1.21 bits per heavy atom. The summed E-state index contributed by atoms with van der Waals surface area (Å²) in [6.07, 6.45) is 7.06. The van der Waals surface area contributed by atoms with Crippen molar-refractivity contribution < 1.29 is 18.8 Å². The first-order valence-electron chi connectivity index (χ1n) is 12.0. The number of carbonyl (C=O) groups is 3. The van der Waals surface area contributed by atoms with Crippen molar-refractivity contribution in [2.24, 2.45) is 11.8 Å². The molecule has 1 atom stereocenters. The molecule has 0 aliphatic heterocycles. The molecule has 2 aliphatic carbocycles. The summed E-state index contributed by atoms with van der Waals surface area (Å²) in [4.78, 5) is 42.4. The van der Waals surface area contributed by atoms with Gasteiger partial charge in [0.2, 0.25) is 18.1 Å². The highest BCUT2D eigenvalue weighted by Gasteiger charge is 2.47. The van der Waals surface area contributed by atoms with E-state index in [9.17, 15) is 14.4 Å². The third-order valence-corrected chi connectivity index (χ3v) is 7.11. The summed E-state index contributed by atoms with van der Waals surface area (Å²) in [7, 11) is 3.97. The standard InChI is InChI=1S/C23H37N5O4S/c1-16(2)14-18(19(30)21-25-26-22(32-21)33-13-12-27(3)4)28(15-29)23(10-6-5-7-11-23)24-20(31)17-8-9-17/h15-18H,5-14H2,1-4H3,(H,24,31). The van der Waals surface area contributed by atoms with E-state index >= 15 is 0 Å². The van der Waals surface area contributed by atoms with Gasteiger partial charge in [0.15, 0.2) is 0 Å². The van der Waals surface area contributed by atoms with Crippen molar-refractivity contribution in [2.75, 3.05) is 26.4 Å². The Hall–Kier alpha value is -1.94. The minimum absolute atomic E-state index is 0.0168. The lowest BCUT2D eigenvalue weighted by Gasteiger charge is -2.48. The zero-order chi connectivity index (χ0) is 24.0. The lowest BCUT2D eigenvalue weighted by atomic mass is 9.84. The number of ketones is 1. The van der Waals surface area contributed by atoms with E-state index in [0.717, 1.165) is 50.8 Å². The predicted molar refractivity (Wildman–Crippen MR) is 126 cm³/mol. The Labute approximate surface area is 200 Å². The fourth-order valence-corrected chi connectivity index (χ4v) is 5.22. The second kappa shape index (κ2) is 11.5. The lowest BCUT2D eigenvalue weighted by molar-refractivity contribution is -0.137. The Balaban J connectivity index is 1.84. The van der Waals surface area contributed by atoms with E-state index < -0.39 is 11.7 Å². The van der Waals surface area contributed by atoms with Gasteiger partial charge in [-0.05, 0) is 65.0 Å². The van der Waals surface area contributed by atoms with Crippen molar-refractivity contribution in [3.8, 4) is 0 Å². The van der Waals surface area contributed by atoms with Crippen molar-refractivity contribution in [3.05, 3.63) is 5.89 Å². The van der Waals surface area contributed by atoms with E-state index in [0.29, 0.717) is 24.5 Å². The van der Waals surface area contributed by atoms with Gasteiger partial charge in [-0.1, -0.05) is 32.0 Å². The Morgan fingerprint density at radius 2 is 1.91 bits per heavy atom. The fourth-order valence-electron chi connectivity index (χ4n) is 4.35. The summed E-state index contributed by atoms with van der Waals surface area (Å²) in [6, 6.07) is -0.778. The van der Waals surface area contributed by atoms with Crippen LogP contribution in [-0.4, -0.2) is 76.2 Å². The van der Waals surface area contributed by atoms with Gasteiger partial charge in [-0.2, -0.15) is 0 Å². The molecule has 2 amide bonds. The highest BCUT2D eigenvalue weighted by atomic mass is 32.2. The van der Waals surface area contributed by atoms with Crippen LogP contribution < -0.4 is 5.32 Å². The number of hydrogen-bond acceptors (Lipinski definition) is 8. The summed E-state index contributed by atoms with van der Waals surface area (Å²) < 4.78 is 5.68. The first-order chi connectivity index (χ1) is 15.8. The minimum Gasteiger partial charge on any atom is -0.408 e. The molecule has 10 heteroatoms. The molecule has 3 rings (SSSR count). The van der Waals surface area contributed by atoms with Crippen LogP contribution in [0.4, 0.5) is 0 Å². The fraction of sp³-hybridized carbons (Fsp3) is 0.783. The van der Waals surface area contributed by atoms with Gasteiger partial charge in [-0.15, -0.1) is 10.2 Å². The van der Waals surface area contributed by atoms with Crippen LogP contribution in [0.25, 0.3) is 0 Å². The van der Waals surface area contributed by atoms with E-state index in [1.54, 1.807) is 4.90 Å². The monoisotopic (exact) mass is 479 g/mol. The maximum Gasteiger partial charge on any atom is 0.286 e. The number of Topliss-reactive ketones (excluding diaryl/α,β-unsaturated/α-hetero) is 1. The maximum atomic E-state index is 13.6. The minimum atomic E-state index is -0.849. The van der Waals surface area contributed by atoms with E-state index in [2.05, 4.69) is 20.4 Å². The first-order valence-corrected chi connectivity index (χ1v) is 13.0.